The van der Waals surface area contributed by atoms with Gasteiger partial charge in [0.1, 0.15) is 6.61 Å². The van der Waals surface area contributed by atoms with Gasteiger partial charge < -0.3 is 10.1 Å². The lowest BCUT2D eigenvalue weighted by Crippen LogP contribution is -2.29. The van der Waals surface area contributed by atoms with Crippen molar-refractivity contribution >= 4 is 46.1 Å². The molecule has 0 bridgehead atoms. The van der Waals surface area contributed by atoms with Crippen LogP contribution in [-0.4, -0.2) is 33.7 Å². The van der Waals surface area contributed by atoms with E-state index in [1.807, 2.05) is 24.3 Å². The number of anilines is 2. The molecule has 9 nitrogen and oxygen atoms in total. The van der Waals surface area contributed by atoms with E-state index >= 15 is 0 Å². The molecular weight excluding hydrogens is 460 g/mol. The number of nitrogens with zero attached hydrogens (tertiary/aromatic N) is 3. The number of fused-ring (bicyclic) bond motifs is 2. The number of ether oxygens (including phenoxy) is 1. The first-order valence-electron chi connectivity index (χ1n) is 11.1. The maximum Gasteiger partial charge on any atom is 0.338 e. The minimum atomic E-state index is -0.648. The quantitative estimate of drug-likeness (QED) is 0.338. The summed E-state index contributed by atoms with van der Waals surface area (Å²) in [5.41, 5.74) is 3.97. The number of rotatable bonds is 5. The second-order valence-corrected chi connectivity index (χ2v) is 8.25. The standard InChI is InChI=1S/C27H20N4O5/c1-15-24(30-23-6-4-3-5-22(23)28-15)14-36-27(35)17-7-12-20-21(13-17)26(34)31(25(20)33)19-10-8-18(9-11-19)29-16(2)32/h3-13H,14H2,1-2H3,(H,29,32). The van der Waals surface area contributed by atoms with Crippen LogP contribution in [0, 0.1) is 6.92 Å². The number of amides is 3. The summed E-state index contributed by atoms with van der Waals surface area (Å²) in [6, 6.07) is 18.0. The molecule has 0 fully saturated rings. The third-order valence-electron chi connectivity index (χ3n) is 5.75. The molecule has 2 heterocycles. The molecule has 1 N–H and O–H groups in total. The first-order chi connectivity index (χ1) is 17.3. The Kier molecular flexibility index (Phi) is 5.73. The largest absolute Gasteiger partial charge is 0.456 e. The van der Waals surface area contributed by atoms with Crippen molar-refractivity contribution in [1.82, 2.24) is 9.97 Å². The van der Waals surface area contributed by atoms with Crippen LogP contribution in [0.2, 0.25) is 0 Å². The summed E-state index contributed by atoms with van der Waals surface area (Å²) in [6.45, 7) is 3.09. The summed E-state index contributed by atoms with van der Waals surface area (Å²) < 4.78 is 5.44. The lowest BCUT2D eigenvalue weighted by Gasteiger charge is -2.14. The molecule has 0 aliphatic carbocycles. The van der Waals surface area contributed by atoms with Crippen molar-refractivity contribution < 1.29 is 23.9 Å². The zero-order valence-electron chi connectivity index (χ0n) is 19.4. The van der Waals surface area contributed by atoms with Crippen LogP contribution in [0.3, 0.4) is 0 Å². The van der Waals surface area contributed by atoms with Gasteiger partial charge >= 0.3 is 5.97 Å². The normalized spacial score (nSPS) is 12.6. The third-order valence-corrected chi connectivity index (χ3v) is 5.75. The minimum Gasteiger partial charge on any atom is -0.456 e. The number of imide groups is 1. The van der Waals surface area contributed by atoms with E-state index in [4.69, 9.17) is 4.74 Å². The van der Waals surface area contributed by atoms with Crippen LogP contribution in [0.5, 0.6) is 0 Å². The summed E-state index contributed by atoms with van der Waals surface area (Å²) >= 11 is 0. The molecule has 1 aliphatic rings. The number of benzene rings is 3. The van der Waals surface area contributed by atoms with Crippen molar-refractivity contribution in [3.63, 3.8) is 0 Å². The molecule has 36 heavy (non-hydrogen) atoms. The molecule has 0 unspecified atom stereocenters. The Bertz CT molecular complexity index is 1560. The van der Waals surface area contributed by atoms with Crippen LogP contribution in [0.25, 0.3) is 11.0 Å². The number of carbonyl (C=O) groups excluding carboxylic acids is 4. The second kappa shape index (κ2) is 9.03. The fraction of sp³-hybridized carbons (Fsp3) is 0.111. The topological polar surface area (TPSA) is 119 Å². The summed E-state index contributed by atoms with van der Waals surface area (Å²) in [5.74, 6) is -1.92. The van der Waals surface area contributed by atoms with Crippen LogP contribution in [-0.2, 0) is 16.1 Å². The second-order valence-electron chi connectivity index (χ2n) is 8.25. The molecule has 1 aliphatic heterocycles. The number of hydrogen-bond donors (Lipinski definition) is 1. The summed E-state index contributed by atoms with van der Waals surface area (Å²) in [5, 5.41) is 2.63. The molecule has 0 radical (unpaired) electrons. The highest BCUT2D eigenvalue weighted by atomic mass is 16.5. The Labute approximate surface area is 205 Å². The van der Waals surface area contributed by atoms with Gasteiger partial charge in [-0.3, -0.25) is 14.4 Å². The molecule has 9 heteroatoms. The molecule has 0 saturated carbocycles. The van der Waals surface area contributed by atoms with Crippen molar-refractivity contribution in [2.45, 2.75) is 20.5 Å². The van der Waals surface area contributed by atoms with Gasteiger partial charge in [-0.2, -0.15) is 0 Å². The molecule has 0 spiro atoms. The Morgan fingerprint density at radius 1 is 0.889 bits per heavy atom. The Balaban J connectivity index is 1.33. The van der Waals surface area contributed by atoms with E-state index in [1.54, 1.807) is 31.2 Å². The van der Waals surface area contributed by atoms with Gasteiger partial charge in [0.05, 0.1) is 44.8 Å². The number of para-hydroxylation sites is 2. The first-order valence-corrected chi connectivity index (χ1v) is 11.1. The maximum atomic E-state index is 13.1. The van der Waals surface area contributed by atoms with Crippen LogP contribution in [0.15, 0.2) is 66.7 Å². The van der Waals surface area contributed by atoms with E-state index in [9.17, 15) is 19.2 Å². The van der Waals surface area contributed by atoms with Gasteiger partial charge in [-0.1, -0.05) is 12.1 Å². The number of nitrogens with one attached hydrogen (secondary N) is 1. The predicted octanol–water partition coefficient (Wildman–Crippen LogP) is 4.05. The van der Waals surface area contributed by atoms with Gasteiger partial charge in [-0.25, -0.2) is 19.7 Å². The highest BCUT2D eigenvalue weighted by Gasteiger charge is 2.37. The maximum absolute atomic E-state index is 13.1. The number of esters is 1. The molecule has 3 amide bonds. The minimum absolute atomic E-state index is 0.0841. The average molecular weight is 480 g/mol. The summed E-state index contributed by atoms with van der Waals surface area (Å²) in [6.07, 6.45) is 0. The fourth-order valence-electron chi connectivity index (χ4n) is 3.98. The van der Waals surface area contributed by atoms with E-state index in [0.29, 0.717) is 28.3 Å². The smallest absolute Gasteiger partial charge is 0.338 e. The van der Waals surface area contributed by atoms with Crippen molar-refractivity contribution in [2.75, 3.05) is 10.2 Å². The Morgan fingerprint density at radius 2 is 1.56 bits per heavy atom. The van der Waals surface area contributed by atoms with E-state index in [1.165, 1.54) is 25.1 Å². The monoisotopic (exact) mass is 480 g/mol. The number of aromatic nitrogens is 2. The zero-order valence-corrected chi connectivity index (χ0v) is 19.4. The molecule has 4 aromatic rings. The molecule has 178 valence electrons. The van der Waals surface area contributed by atoms with Gasteiger partial charge in [0.2, 0.25) is 5.91 Å². The van der Waals surface area contributed by atoms with Crippen molar-refractivity contribution in [1.29, 1.82) is 0 Å². The predicted molar refractivity (Wildman–Crippen MR) is 132 cm³/mol. The molecule has 0 saturated heterocycles. The molecule has 5 rings (SSSR count). The lowest BCUT2D eigenvalue weighted by atomic mass is 10.1. The average Bonchev–Trinajstić information content (AvgIpc) is 3.12. The Morgan fingerprint density at radius 3 is 2.25 bits per heavy atom. The van der Waals surface area contributed by atoms with Gasteiger partial charge in [-0.15, -0.1) is 0 Å². The van der Waals surface area contributed by atoms with E-state index < -0.39 is 17.8 Å². The lowest BCUT2D eigenvalue weighted by molar-refractivity contribution is -0.114. The fourth-order valence-corrected chi connectivity index (χ4v) is 3.98. The van der Waals surface area contributed by atoms with E-state index in [2.05, 4.69) is 15.3 Å². The van der Waals surface area contributed by atoms with Crippen LogP contribution in [0.1, 0.15) is 49.4 Å². The van der Waals surface area contributed by atoms with Gasteiger partial charge in [0.25, 0.3) is 11.8 Å². The van der Waals surface area contributed by atoms with E-state index in [0.717, 1.165) is 10.4 Å². The van der Waals surface area contributed by atoms with Crippen LogP contribution < -0.4 is 10.2 Å². The number of carbonyl (C=O) groups is 4. The molecule has 0 atom stereocenters. The molecular formula is C27H20N4O5. The van der Waals surface area contributed by atoms with Gasteiger partial charge in [-0.05, 0) is 61.5 Å². The highest BCUT2D eigenvalue weighted by molar-refractivity contribution is 6.34. The molecule has 1 aromatic heterocycles. The SMILES string of the molecule is CC(=O)Nc1ccc(N2C(=O)c3ccc(C(=O)OCc4nc5ccccc5nc4C)cc3C2=O)cc1. The Hall–Kier alpha value is -4.92. The number of aryl methyl sites for hydroxylation is 1. The van der Waals surface area contributed by atoms with Crippen LogP contribution in [0.4, 0.5) is 11.4 Å². The highest BCUT2D eigenvalue weighted by Crippen LogP contribution is 2.30. The first kappa shape index (κ1) is 22.9. The van der Waals surface area contributed by atoms with Crippen molar-refractivity contribution in [3.05, 3.63) is 94.8 Å². The number of hydrogen-bond acceptors (Lipinski definition) is 7. The van der Waals surface area contributed by atoms with Crippen LogP contribution >= 0.6 is 0 Å². The summed E-state index contributed by atoms with van der Waals surface area (Å²) in [7, 11) is 0. The van der Waals surface area contributed by atoms with Crippen molar-refractivity contribution in [2.24, 2.45) is 0 Å². The zero-order chi connectivity index (χ0) is 25.4. The van der Waals surface area contributed by atoms with Gasteiger partial charge in [0, 0.05) is 12.6 Å². The van der Waals surface area contributed by atoms with Crippen molar-refractivity contribution in [3.8, 4) is 0 Å². The third kappa shape index (κ3) is 4.18. The van der Waals surface area contributed by atoms with Gasteiger partial charge in [0.15, 0.2) is 0 Å². The molecule has 3 aromatic carbocycles. The summed E-state index contributed by atoms with van der Waals surface area (Å²) in [4.78, 5) is 60.0. The van der Waals surface area contributed by atoms with E-state index in [-0.39, 0.29) is 29.2 Å².